The van der Waals surface area contributed by atoms with Crippen LogP contribution in [0.15, 0.2) is 30.5 Å². The van der Waals surface area contributed by atoms with E-state index in [1.54, 1.807) is 19.3 Å². The highest BCUT2D eigenvalue weighted by atomic mass is 16.1. The second-order valence-electron chi connectivity index (χ2n) is 3.94. The van der Waals surface area contributed by atoms with Crippen LogP contribution < -0.4 is 5.32 Å². The molecular formula is C13H15N3O. The average Bonchev–Trinajstić information content (AvgIpc) is 2.68. The summed E-state index contributed by atoms with van der Waals surface area (Å²) < 4.78 is 2.05. The normalized spacial score (nSPS) is 10.3. The van der Waals surface area contributed by atoms with Crippen LogP contribution in [-0.2, 0) is 0 Å². The highest BCUT2D eigenvalue weighted by Crippen LogP contribution is 2.14. The zero-order valence-corrected chi connectivity index (χ0v) is 10.2. The van der Waals surface area contributed by atoms with Gasteiger partial charge in [0.25, 0.3) is 5.91 Å². The summed E-state index contributed by atoms with van der Waals surface area (Å²) in [5, 5.41) is 2.57. The van der Waals surface area contributed by atoms with Crippen molar-refractivity contribution in [2.45, 2.75) is 13.8 Å². The molecule has 17 heavy (non-hydrogen) atoms. The lowest BCUT2D eigenvalue weighted by molar-refractivity contribution is 0.0963. The summed E-state index contributed by atoms with van der Waals surface area (Å²) in [4.78, 5) is 15.7. The molecule has 0 radical (unpaired) electrons. The molecule has 0 unspecified atom stereocenters. The number of nitrogens with one attached hydrogen (secondary N) is 1. The van der Waals surface area contributed by atoms with E-state index < -0.39 is 0 Å². The van der Waals surface area contributed by atoms with Gasteiger partial charge in [-0.25, -0.2) is 4.98 Å². The Morgan fingerprint density at radius 2 is 1.82 bits per heavy atom. The van der Waals surface area contributed by atoms with Crippen LogP contribution in [0.25, 0.3) is 5.82 Å². The Morgan fingerprint density at radius 3 is 2.29 bits per heavy atom. The Morgan fingerprint density at radius 1 is 1.18 bits per heavy atom. The molecule has 2 aromatic heterocycles. The Bertz CT molecular complexity index is 521. The summed E-state index contributed by atoms with van der Waals surface area (Å²) in [5.41, 5.74) is 2.82. The maximum Gasteiger partial charge on any atom is 0.252 e. The molecule has 1 N–H and O–H groups in total. The molecule has 2 heterocycles. The summed E-state index contributed by atoms with van der Waals surface area (Å²) in [5.74, 6) is 0.711. The largest absolute Gasteiger partial charge is 0.355 e. The van der Waals surface area contributed by atoms with E-state index in [9.17, 15) is 4.79 Å². The number of pyridine rings is 1. The summed E-state index contributed by atoms with van der Waals surface area (Å²) in [6.07, 6.45) is 1.59. The lowest BCUT2D eigenvalue weighted by atomic mass is 10.2. The zero-order chi connectivity index (χ0) is 12.4. The van der Waals surface area contributed by atoms with Crippen molar-refractivity contribution in [3.63, 3.8) is 0 Å². The second-order valence-corrected chi connectivity index (χ2v) is 3.94. The van der Waals surface area contributed by atoms with E-state index in [2.05, 4.69) is 10.3 Å². The van der Waals surface area contributed by atoms with Crippen LogP contribution in [-0.4, -0.2) is 22.5 Å². The quantitative estimate of drug-likeness (QED) is 0.854. The van der Waals surface area contributed by atoms with Crippen molar-refractivity contribution in [3.05, 3.63) is 47.4 Å². The first-order chi connectivity index (χ1) is 8.13. The molecule has 0 aromatic carbocycles. The molecule has 1 amide bonds. The molecule has 0 aliphatic heterocycles. The minimum absolute atomic E-state index is 0.120. The Labute approximate surface area is 100 Å². The fraction of sp³-hybridized carbons (Fsp3) is 0.231. The monoisotopic (exact) mass is 229 g/mol. The fourth-order valence-corrected chi connectivity index (χ4v) is 1.83. The first kappa shape index (κ1) is 11.4. The number of amides is 1. The minimum Gasteiger partial charge on any atom is -0.355 e. The Balaban J connectivity index is 2.39. The highest BCUT2D eigenvalue weighted by molar-refractivity contribution is 5.93. The van der Waals surface area contributed by atoms with E-state index in [1.807, 2.05) is 36.6 Å². The maximum absolute atomic E-state index is 11.4. The molecule has 0 fully saturated rings. The third kappa shape index (κ3) is 2.06. The van der Waals surface area contributed by atoms with Crippen LogP contribution in [0.4, 0.5) is 0 Å². The van der Waals surface area contributed by atoms with Crippen molar-refractivity contribution in [2.24, 2.45) is 0 Å². The number of rotatable bonds is 2. The van der Waals surface area contributed by atoms with Gasteiger partial charge in [-0.15, -0.1) is 0 Å². The molecule has 0 saturated carbocycles. The predicted molar refractivity (Wildman–Crippen MR) is 66.4 cm³/mol. The van der Waals surface area contributed by atoms with Crippen LogP contribution in [0.1, 0.15) is 21.7 Å². The molecule has 2 aromatic rings. The van der Waals surface area contributed by atoms with Gasteiger partial charge in [-0.2, -0.15) is 0 Å². The van der Waals surface area contributed by atoms with Gasteiger partial charge in [-0.1, -0.05) is 0 Å². The van der Waals surface area contributed by atoms with Gasteiger partial charge >= 0.3 is 0 Å². The van der Waals surface area contributed by atoms with Gasteiger partial charge in [0, 0.05) is 24.6 Å². The van der Waals surface area contributed by atoms with Crippen LogP contribution >= 0.6 is 0 Å². The van der Waals surface area contributed by atoms with Crippen molar-refractivity contribution in [1.29, 1.82) is 0 Å². The summed E-state index contributed by atoms with van der Waals surface area (Å²) in [6, 6.07) is 7.72. The SMILES string of the molecule is CNC(=O)c1ccc(-n2c(C)ccc2C)nc1. The highest BCUT2D eigenvalue weighted by Gasteiger charge is 2.07. The summed E-state index contributed by atoms with van der Waals surface area (Å²) in [6.45, 7) is 4.06. The molecule has 88 valence electrons. The number of hydrogen-bond acceptors (Lipinski definition) is 2. The van der Waals surface area contributed by atoms with Crippen LogP contribution in [0.3, 0.4) is 0 Å². The first-order valence-electron chi connectivity index (χ1n) is 5.47. The molecule has 0 aliphatic rings. The lowest BCUT2D eigenvalue weighted by Crippen LogP contribution is -2.18. The summed E-state index contributed by atoms with van der Waals surface area (Å²) >= 11 is 0. The second kappa shape index (κ2) is 4.41. The number of carbonyl (C=O) groups excluding carboxylic acids is 1. The van der Waals surface area contributed by atoms with E-state index >= 15 is 0 Å². The lowest BCUT2D eigenvalue weighted by Gasteiger charge is -2.08. The fourth-order valence-electron chi connectivity index (χ4n) is 1.83. The number of carbonyl (C=O) groups is 1. The molecule has 0 bridgehead atoms. The third-order valence-electron chi connectivity index (χ3n) is 2.74. The Kier molecular flexibility index (Phi) is 2.95. The zero-order valence-electron chi connectivity index (χ0n) is 10.2. The van der Waals surface area contributed by atoms with Crippen molar-refractivity contribution >= 4 is 5.91 Å². The van der Waals surface area contributed by atoms with Gasteiger partial charge in [0.15, 0.2) is 0 Å². The molecule has 0 spiro atoms. The molecule has 2 rings (SSSR count). The standard InChI is InChI=1S/C13H15N3O/c1-9-4-5-10(2)16(9)12-7-6-11(8-15-12)13(17)14-3/h4-8H,1-3H3,(H,14,17). The van der Waals surface area contributed by atoms with Gasteiger partial charge < -0.3 is 9.88 Å². The molecule has 4 heteroatoms. The van der Waals surface area contributed by atoms with Crippen LogP contribution in [0.5, 0.6) is 0 Å². The third-order valence-corrected chi connectivity index (χ3v) is 2.74. The maximum atomic E-state index is 11.4. The number of hydrogen-bond donors (Lipinski definition) is 1. The number of aryl methyl sites for hydroxylation is 2. The van der Waals surface area contributed by atoms with Crippen LogP contribution in [0.2, 0.25) is 0 Å². The van der Waals surface area contributed by atoms with Gasteiger partial charge in [-0.3, -0.25) is 4.79 Å². The van der Waals surface area contributed by atoms with Gasteiger partial charge in [0.05, 0.1) is 5.56 Å². The van der Waals surface area contributed by atoms with Crippen LogP contribution in [0, 0.1) is 13.8 Å². The van der Waals surface area contributed by atoms with Gasteiger partial charge in [-0.05, 0) is 38.1 Å². The van der Waals surface area contributed by atoms with E-state index in [0.29, 0.717) is 5.56 Å². The molecule has 0 atom stereocenters. The van der Waals surface area contributed by atoms with Crippen molar-refractivity contribution in [3.8, 4) is 5.82 Å². The van der Waals surface area contributed by atoms with E-state index in [4.69, 9.17) is 0 Å². The smallest absolute Gasteiger partial charge is 0.252 e. The molecule has 4 nitrogen and oxygen atoms in total. The van der Waals surface area contributed by atoms with E-state index in [1.165, 1.54) is 0 Å². The van der Waals surface area contributed by atoms with E-state index in [-0.39, 0.29) is 5.91 Å². The van der Waals surface area contributed by atoms with E-state index in [0.717, 1.165) is 17.2 Å². The minimum atomic E-state index is -0.120. The van der Waals surface area contributed by atoms with Crippen molar-refractivity contribution in [1.82, 2.24) is 14.9 Å². The molecular weight excluding hydrogens is 214 g/mol. The predicted octanol–water partition coefficient (Wildman–Crippen LogP) is 1.85. The van der Waals surface area contributed by atoms with Gasteiger partial charge in [0.2, 0.25) is 0 Å². The topological polar surface area (TPSA) is 46.9 Å². The summed E-state index contributed by atoms with van der Waals surface area (Å²) in [7, 11) is 1.61. The number of nitrogens with zero attached hydrogens (tertiary/aromatic N) is 2. The molecule has 0 aliphatic carbocycles. The number of aromatic nitrogens is 2. The first-order valence-corrected chi connectivity index (χ1v) is 5.47. The average molecular weight is 229 g/mol. The molecule has 0 saturated heterocycles. The van der Waals surface area contributed by atoms with Gasteiger partial charge in [0.1, 0.15) is 5.82 Å². The Hall–Kier alpha value is -2.10. The van der Waals surface area contributed by atoms with Crippen molar-refractivity contribution < 1.29 is 4.79 Å². The van der Waals surface area contributed by atoms with Crippen molar-refractivity contribution in [2.75, 3.05) is 7.05 Å².